The predicted octanol–water partition coefficient (Wildman–Crippen LogP) is 1.57. The lowest BCUT2D eigenvalue weighted by Crippen LogP contribution is -3.12. The Kier molecular flexibility index (Phi) is 6.11. The van der Waals surface area contributed by atoms with Crippen LogP contribution in [0.3, 0.4) is 0 Å². The second-order valence-electron chi connectivity index (χ2n) is 7.26. The Morgan fingerprint density at radius 2 is 1.83 bits per heavy atom. The number of methoxy groups -OCH3 is 1. The maximum atomic E-state index is 12.5. The zero-order valence-corrected chi connectivity index (χ0v) is 16.8. The van der Waals surface area contributed by atoms with Gasteiger partial charge in [-0.25, -0.2) is 9.59 Å². The van der Waals surface area contributed by atoms with Gasteiger partial charge in [0.05, 0.1) is 25.9 Å². The Bertz CT molecular complexity index is 1080. The number of hydrogen-bond acceptors (Lipinski definition) is 6. The molecule has 30 heavy (non-hydrogen) atoms. The number of carbonyl (C=O) groups excluding carboxylic acids is 1. The lowest BCUT2D eigenvalue weighted by atomic mass is 10.1. The molecule has 0 amide bonds. The third-order valence-corrected chi connectivity index (χ3v) is 5.24. The van der Waals surface area contributed by atoms with Crippen LogP contribution >= 0.6 is 0 Å². The molecular weight excluding hydrogens is 386 g/mol. The Morgan fingerprint density at radius 1 is 1.07 bits per heavy atom. The van der Waals surface area contributed by atoms with Gasteiger partial charge in [-0.2, -0.15) is 0 Å². The smallest absolute Gasteiger partial charge is 0.338 e. The number of rotatable bonds is 6. The van der Waals surface area contributed by atoms with Gasteiger partial charge in [-0.15, -0.1) is 0 Å². The Balaban J connectivity index is 1.42. The van der Waals surface area contributed by atoms with Crippen LogP contribution in [-0.2, 0) is 22.6 Å². The highest BCUT2D eigenvalue weighted by Gasteiger charge is 2.15. The highest BCUT2D eigenvalue weighted by atomic mass is 16.5. The highest BCUT2D eigenvalue weighted by molar-refractivity contribution is 5.89. The number of nitrogens with one attached hydrogen (secondary N) is 1. The second-order valence-corrected chi connectivity index (χ2v) is 7.26. The summed E-state index contributed by atoms with van der Waals surface area (Å²) in [7, 11) is 1.54. The van der Waals surface area contributed by atoms with Crippen molar-refractivity contribution >= 4 is 16.9 Å². The molecule has 0 spiro atoms. The van der Waals surface area contributed by atoms with E-state index in [0.717, 1.165) is 32.8 Å². The van der Waals surface area contributed by atoms with Crippen molar-refractivity contribution in [2.24, 2.45) is 0 Å². The van der Waals surface area contributed by atoms with Gasteiger partial charge in [0.2, 0.25) is 0 Å². The fourth-order valence-corrected chi connectivity index (χ4v) is 3.57. The van der Waals surface area contributed by atoms with Crippen molar-refractivity contribution in [2.45, 2.75) is 13.2 Å². The topological polar surface area (TPSA) is 79.4 Å². The van der Waals surface area contributed by atoms with Gasteiger partial charge in [0.25, 0.3) is 0 Å². The molecule has 0 radical (unpaired) electrons. The quantitative estimate of drug-likeness (QED) is 0.491. The van der Waals surface area contributed by atoms with Crippen molar-refractivity contribution in [1.82, 2.24) is 0 Å². The summed E-state index contributed by atoms with van der Waals surface area (Å²) in [6.45, 7) is 4.46. The van der Waals surface area contributed by atoms with E-state index in [1.165, 1.54) is 16.5 Å². The third-order valence-electron chi connectivity index (χ3n) is 5.24. The molecule has 0 unspecified atom stereocenters. The van der Waals surface area contributed by atoms with Crippen molar-refractivity contribution in [3.8, 4) is 5.75 Å². The van der Waals surface area contributed by atoms with Gasteiger partial charge in [0.15, 0.2) is 0 Å². The molecule has 1 aromatic heterocycles. The van der Waals surface area contributed by atoms with Gasteiger partial charge in [-0.1, -0.05) is 12.1 Å². The van der Waals surface area contributed by atoms with E-state index in [1.807, 2.05) is 12.1 Å². The zero-order valence-electron chi connectivity index (χ0n) is 16.8. The van der Waals surface area contributed by atoms with Crippen LogP contribution in [0.15, 0.2) is 57.7 Å². The van der Waals surface area contributed by atoms with Crippen molar-refractivity contribution in [3.63, 3.8) is 0 Å². The molecular formula is C23H24NO6+. The summed E-state index contributed by atoms with van der Waals surface area (Å²) in [5, 5.41) is 0.701. The summed E-state index contributed by atoms with van der Waals surface area (Å²) in [6, 6.07) is 14.0. The van der Waals surface area contributed by atoms with Gasteiger partial charge in [0, 0.05) is 28.6 Å². The normalized spacial score (nSPS) is 14.6. The SMILES string of the molecule is COc1ccc2c(COC(=O)c3ccc(C[NH+]4CCOCC4)cc3)cc(=O)oc2c1. The number of carbonyl (C=O) groups is 1. The molecule has 2 aromatic carbocycles. The fourth-order valence-electron chi connectivity index (χ4n) is 3.57. The molecule has 0 atom stereocenters. The standard InChI is InChI=1S/C23H23NO6/c1-27-19-6-7-20-18(12-22(25)30-21(20)13-19)15-29-23(26)17-4-2-16(3-5-17)14-24-8-10-28-11-9-24/h2-7,12-13H,8-11,14-15H2,1H3/p+1. The molecule has 1 aliphatic heterocycles. The first-order valence-electron chi connectivity index (χ1n) is 9.90. The molecule has 7 nitrogen and oxygen atoms in total. The minimum atomic E-state index is -0.503. The Hall–Kier alpha value is -3.16. The number of ether oxygens (including phenoxy) is 3. The number of fused-ring (bicyclic) bond motifs is 1. The lowest BCUT2D eigenvalue weighted by molar-refractivity contribution is -0.921. The minimum Gasteiger partial charge on any atom is -0.497 e. The van der Waals surface area contributed by atoms with Crippen LogP contribution in [0.2, 0.25) is 0 Å². The van der Waals surface area contributed by atoms with Crippen LogP contribution in [0.25, 0.3) is 11.0 Å². The van der Waals surface area contributed by atoms with Crippen LogP contribution in [0, 0.1) is 0 Å². The van der Waals surface area contributed by atoms with Gasteiger partial charge in [0.1, 0.15) is 37.6 Å². The lowest BCUT2D eigenvalue weighted by Gasteiger charge is -2.23. The number of esters is 1. The third kappa shape index (κ3) is 4.69. The molecule has 7 heteroatoms. The van der Waals surface area contributed by atoms with Crippen molar-refractivity contribution in [1.29, 1.82) is 0 Å². The van der Waals surface area contributed by atoms with Crippen molar-refractivity contribution in [2.75, 3.05) is 33.4 Å². The summed E-state index contributed by atoms with van der Waals surface area (Å²) >= 11 is 0. The maximum Gasteiger partial charge on any atom is 0.338 e. The van der Waals surface area contributed by atoms with Crippen LogP contribution in [-0.4, -0.2) is 39.4 Å². The van der Waals surface area contributed by atoms with Gasteiger partial charge in [-0.3, -0.25) is 0 Å². The van der Waals surface area contributed by atoms with E-state index in [2.05, 4.69) is 0 Å². The molecule has 156 valence electrons. The summed E-state index contributed by atoms with van der Waals surface area (Å²) in [4.78, 5) is 25.8. The molecule has 1 fully saturated rings. The van der Waals surface area contributed by atoms with E-state index >= 15 is 0 Å². The molecule has 4 rings (SSSR count). The first-order chi connectivity index (χ1) is 14.6. The van der Waals surface area contributed by atoms with Crippen molar-refractivity contribution < 1.29 is 28.3 Å². The Morgan fingerprint density at radius 3 is 2.57 bits per heavy atom. The van der Waals surface area contributed by atoms with E-state index in [9.17, 15) is 9.59 Å². The van der Waals surface area contributed by atoms with Crippen LogP contribution in [0.5, 0.6) is 5.75 Å². The minimum absolute atomic E-state index is 0.0209. The molecule has 1 aliphatic rings. The van der Waals surface area contributed by atoms with E-state index in [-0.39, 0.29) is 6.61 Å². The first-order valence-corrected chi connectivity index (χ1v) is 9.90. The fraction of sp³-hybridized carbons (Fsp3) is 0.304. The molecule has 0 bridgehead atoms. The predicted molar refractivity (Wildman–Crippen MR) is 110 cm³/mol. The van der Waals surface area contributed by atoms with Crippen LogP contribution in [0.1, 0.15) is 21.5 Å². The number of hydrogen-bond donors (Lipinski definition) is 1. The zero-order chi connectivity index (χ0) is 20.9. The van der Waals surface area contributed by atoms with E-state index in [1.54, 1.807) is 37.4 Å². The molecule has 0 aliphatic carbocycles. The van der Waals surface area contributed by atoms with E-state index < -0.39 is 11.6 Å². The summed E-state index contributed by atoms with van der Waals surface area (Å²) in [5.41, 5.74) is 2.12. The summed E-state index contributed by atoms with van der Waals surface area (Å²) < 4.78 is 21.2. The number of benzene rings is 2. The molecule has 0 saturated carbocycles. The largest absolute Gasteiger partial charge is 0.497 e. The van der Waals surface area contributed by atoms with Crippen LogP contribution < -0.4 is 15.3 Å². The van der Waals surface area contributed by atoms with E-state index in [4.69, 9.17) is 18.6 Å². The van der Waals surface area contributed by atoms with Gasteiger partial charge in [-0.05, 0) is 24.3 Å². The average molecular weight is 410 g/mol. The monoisotopic (exact) mass is 410 g/mol. The molecule has 1 saturated heterocycles. The second kappa shape index (κ2) is 9.11. The molecule has 3 aromatic rings. The van der Waals surface area contributed by atoms with Crippen molar-refractivity contribution in [3.05, 3.63) is 75.6 Å². The maximum absolute atomic E-state index is 12.5. The highest BCUT2D eigenvalue weighted by Crippen LogP contribution is 2.23. The average Bonchev–Trinajstić information content (AvgIpc) is 2.78. The van der Waals surface area contributed by atoms with Gasteiger partial charge >= 0.3 is 11.6 Å². The van der Waals surface area contributed by atoms with Crippen LogP contribution in [0.4, 0.5) is 0 Å². The molecule has 1 N–H and O–H groups in total. The number of morpholine rings is 1. The molecule has 2 heterocycles. The Labute approximate surface area is 173 Å². The first kappa shape index (κ1) is 20.1. The summed E-state index contributed by atoms with van der Waals surface area (Å²) in [5.74, 6) is 0.147. The number of quaternary nitrogens is 1. The summed E-state index contributed by atoms with van der Waals surface area (Å²) in [6.07, 6.45) is 0. The van der Waals surface area contributed by atoms with Gasteiger partial charge < -0.3 is 23.5 Å². The van der Waals surface area contributed by atoms with E-state index in [0.29, 0.717) is 27.8 Å².